The molecule has 0 radical (unpaired) electrons. The van der Waals surface area contributed by atoms with Crippen LogP contribution in [0.4, 0.5) is 4.79 Å². The van der Waals surface area contributed by atoms with Gasteiger partial charge in [-0.25, -0.2) is 9.59 Å². The highest BCUT2D eigenvalue weighted by Crippen LogP contribution is 2.44. The summed E-state index contributed by atoms with van der Waals surface area (Å²) in [5, 5.41) is 23.3. The first kappa shape index (κ1) is 24.3. The Kier molecular flexibility index (Phi) is 8.06. The Morgan fingerprint density at radius 2 is 1.58 bits per heavy atom. The molecule has 8 nitrogen and oxygen atoms in total. The van der Waals surface area contributed by atoms with Gasteiger partial charge in [-0.05, 0) is 28.2 Å². The number of amides is 2. The Bertz CT molecular complexity index is 960. The third-order valence-electron chi connectivity index (χ3n) is 5.88. The number of carbonyl (C=O) groups is 3. The number of aliphatic carboxylic acids is 1. The number of rotatable bonds is 10. The summed E-state index contributed by atoms with van der Waals surface area (Å²) in [6.45, 7) is 3.98. The van der Waals surface area contributed by atoms with Crippen LogP contribution in [0.15, 0.2) is 48.5 Å². The van der Waals surface area contributed by atoms with Crippen LogP contribution in [0.2, 0.25) is 0 Å². The molecule has 3 rings (SSSR count). The van der Waals surface area contributed by atoms with Crippen LogP contribution < -0.4 is 10.6 Å². The molecule has 1 aliphatic carbocycles. The van der Waals surface area contributed by atoms with Crippen molar-refractivity contribution in [2.24, 2.45) is 5.92 Å². The van der Waals surface area contributed by atoms with Crippen LogP contribution in [-0.4, -0.2) is 53.5 Å². The molecular formula is C25H30N2O6. The molecule has 0 aromatic heterocycles. The quantitative estimate of drug-likeness (QED) is 0.438. The van der Waals surface area contributed by atoms with Gasteiger partial charge in [0.05, 0.1) is 0 Å². The molecule has 1 aliphatic rings. The van der Waals surface area contributed by atoms with Crippen molar-refractivity contribution >= 4 is 18.0 Å². The topological polar surface area (TPSA) is 125 Å². The second-order valence-electron chi connectivity index (χ2n) is 8.52. The summed E-state index contributed by atoms with van der Waals surface area (Å²) in [6, 6.07) is 15.7. The van der Waals surface area contributed by atoms with Crippen LogP contribution in [0.3, 0.4) is 0 Å². The Hall–Kier alpha value is -3.39. The number of carbonyl (C=O) groups excluding carboxylic acids is 2. The predicted molar refractivity (Wildman–Crippen MR) is 123 cm³/mol. The van der Waals surface area contributed by atoms with Crippen molar-refractivity contribution in [3.05, 3.63) is 59.7 Å². The fourth-order valence-electron chi connectivity index (χ4n) is 3.99. The summed E-state index contributed by atoms with van der Waals surface area (Å²) < 4.78 is 5.56. The van der Waals surface area contributed by atoms with E-state index in [1.165, 1.54) is 0 Å². The van der Waals surface area contributed by atoms with Gasteiger partial charge in [-0.1, -0.05) is 62.4 Å². The average Bonchev–Trinajstić information content (AvgIpc) is 3.10. The van der Waals surface area contributed by atoms with E-state index in [2.05, 4.69) is 22.8 Å². The molecule has 0 saturated carbocycles. The van der Waals surface area contributed by atoms with Crippen molar-refractivity contribution in [1.82, 2.24) is 10.6 Å². The molecule has 0 saturated heterocycles. The third-order valence-corrected chi connectivity index (χ3v) is 5.88. The lowest BCUT2D eigenvalue weighted by molar-refractivity contribution is -0.147. The van der Waals surface area contributed by atoms with Gasteiger partial charge in [0.15, 0.2) is 6.10 Å². The zero-order valence-corrected chi connectivity index (χ0v) is 18.8. The van der Waals surface area contributed by atoms with E-state index in [0.29, 0.717) is 0 Å². The minimum absolute atomic E-state index is 0.0189. The molecule has 4 N–H and O–H groups in total. The number of carboxylic acid groups (broad SMARTS) is 1. The maximum Gasteiger partial charge on any atom is 0.407 e. The SMILES string of the molecule is CC(C)C(CC(=O)NCCC(O)C(=O)O)NC(=O)OCC1c2ccccc2-c2ccccc21. The fraction of sp³-hybridized carbons (Fsp3) is 0.400. The van der Waals surface area contributed by atoms with E-state index in [4.69, 9.17) is 9.84 Å². The van der Waals surface area contributed by atoms with E-state index in [0.717, 1.165) is 22.3 Å². The van der Waals surface area contributed by atoms with Crippen molar-refractivity contribution in [1.29, 1.82) is 0 Å². The van der Waals surface area contributed by atoms with Crippen LogP contribution in [0.1, 0.15) is 43.7 Å². The number of hydrogen-bond donors (Lipinski definition) is 4. The maximum absolute atomic E-state index is 12.5. The van der Waals surface area contributed by atoms with Gasteiger partial charge in [-0.15, -0.1) is 0 Å². The van der Waals surface area contributed by atoms with E-state index in [1.807, 2.05) is 50.2 Å². The summed E-state index contributed by atoms with van der Waals surface area (Å²) in [5.41, 5.74) is 4.53. The number of aliphatic hydroxyl groups is 1. The van der Waals surface area contributed by atoms with Crippen LogP contribution in [0, 0.1) is 5.92 Å². The summed E-state index contributed by atoms with van der Waals surface area (Å²) >= 11 is 0. The predicted octanol–water partition coefficient (Wildman–Crippen LogP) is 2.89. The van der Waals surface area contributed by atoms with Gasteiger partial charge < -0.3 is 25.6 Å². The Morgan fingerprint density at radius 3 is 2.12 bits per heavy atom. The highest BCUT2D eigenvalue weighted by Gasteiger charge is 2.29. The van der Waals surface area contributed by atoms with E-state index in [9.17, 15) is 19.5 Å². The summed E-state index contributed by atoms with van der Waals surface area (Å²) in [5.74, 6) is -1.75. The zero-order valence-electron chi connectivity index (χ0n) is 18.8. The minimum atomic E-state index is -1.52. The third kappa shape index (κ3) is 6.10. The fourth-order valence-corrected chi connectivity index (χ4v) is 3.99. The largest absolute Gasteiger partial charge is 0.479 e. The number of carboxylic acids is 1. The number of hydrogen-bond acceptors (Lipinski definition) is 5. The smallest absolute Gasteiger partial charge is 0.407 e. The van der Waals surface area contributed by atoms with Gasteiger partial charge in [-0.3, -0.25) is 4.79 Å². The number of alkyl carbamates (subject to hydrolysis) is 1. The van der Waals surface area contributed by atoms with E-state index < -0.39 is 24.2 Å². The number of benzene rings is 2. The van der Waals surface area contributed by atoms with Gasteiger partial charge in [0.1, 0.15) is 6.61 Å². The van der Waals surface area contributed by atoms with Crippen LogP contribution in [0.5, 0.6) is 0 Å². The van der Waals surface area contributed by atoms with E-state index in [-0.39, 0.29) is 43.7 Å². The van der Waals surface area contributed by atoms with Gasteiger partial charge in [-0.2, -0.15) is 0 Å². The highest BCUT2D eigenvalue weighted by atomic mass is 16.5. The average molecular weight is 455 g/mol. The van der Waals surface area contributed by atoms with Crippen LogP contribution in [0.25, 0.3) is 11.1 Å². The maximum atomic E-state index is 12.5. The van der Waals surface area contributed by atoms with Crippen LogP contribution >= 0.6 is 0 Å². The summed E-state index contributed by atoms with van der Waals surface area (Å²) in [4.78, 5) is 35.4. The molecule has 2 aromatic rings. The summed E-state index contributed by atoms with van der Waals surface area (Å²) in [6.07, 6.45) is -2.19. The first-order valence-electron chi connectivity index (χ1n) is 11.1. The molecular weight excluding hydrogens is 424 g/mol. The van der Waals surface area contributed by atoms with Gasteiger partial charge >= 0.3 is 12.1 Å². The van der Waals surface area contributed by atoms with Crippen molar-refractivity contribution in [2.75, 3.05) is 13.2 Å². The monoisotopic (exact) mass is 454 g/mol. The molecule has 8 heteroatoms. The normalized spacial score (nSPS) is 14.2. The zero-order chi connectivity index (χ0) is 24.0. The molecule has 2 amide bonds. The molecule has 0 heterocycles. The Labute approximate surface area is 193 Å². The molecule has 2 unspecified atom stereocenters. The lowest BCUT2D eigenvalue weighted by Crippen LogP contribution is -2.43. The Morgan fingerprint density at radius 1 is 1.00 bits per heavy atom. The van der Waals surface area contributed by atoms with Crippen molar-refractivity contribution in [3.8, 4) is 11.1 Å². The molecule has 33 heavy (non-hydrogen) atoms. The number of nitrogens with one attached hydrogen (secondary N) is 2. The molecule has 176 valence electrons. The molecule has 0 bridgehead atoms. The van der Waals surface area contributed by atoms with E-state index >= 15 is 0 Å². The van der Waals surface area contributed by atoms with E-state index in [1.54, 1.807) is 0 Å². The second-order valence-corrected chi connectivity index (χ2v) is 8.52. The van der Waals surface area contributed by atoms with Gasteiger partial charge in [0, 0.05) is 31.3 Å². The molecule has 0 spiro atoms. The number of ether oxygens (including phenoxy) is 1. The first-order chi connectivity index (χ1) is 15.8. The molecule has 2 aromatic carbocycles. The molecule has 2 atom stereocenters. The lowest BCUT2D eigenvalue weighted by Gasteiger charge is -2.22. The lowest BCUT2D eigenvalue weighted by atomic mass is 9.98. The standard InChI is InChI=1S/C25H30N2O6/c1-15(2)21(13-23(29)26-12-11-22(28)24(30)31)27-25(32)33-14-20-18-9-5-3-7-16(18)17-8-4-6-10-19(17)20/h3-10,15,20-22,28H,11-14H2,1-2H3,(H,26,29)(H,27,32)(H,30,31). The minimum Gasteiger partial charge on any atom is -0.479 e. The van der Waals surface area contributed by atoms with Crippen molar-refractivity contribution in [3.63, 3.8) is 0 Å². The van der Waals surface area contributed by atoms with Crippen molar-refractivity contribution in [2.45, 2.75) is 44.8 Å². The second kappa shape index (κ2) is 11.0. The van der Waals surface area contributed by atoms with Gasteiger partial charge in [0.25, 0.3) is 0 Å². The van der Waals surface area contributed by atoms with Crippen molar-refractivity contribution < 1.29 is 29.3 Å². The van der Waals surface area contributed by atoms with Gasteiger partial charge in [0.2, 0.25) is 5.91 Å². The van der Waals surface area contributed by atoms with Crippen LogP contribution in [-0.2, 0) is 14.3 Å². The number of fused-ring (bicyclic) bond motifs is 3. The highest BCUT2D eigenvalue weighted by molar-refractivity contribution is 5.79. The molecule has 0 aliphatic heterocycles. The summed E-state index contributed by atoms with van der Waals surface area (Å²) in [7, 11) is 0. The first-order valence-corrected chi connectivity index (χ1v) is 11.1. The Balaban J connectivity index is 1.53. The number of aliphatic hydroxyl groups excluding tert-OH is 1. The molecule has 0 fully saturated rings.